The van der Waals surface area contributed by atoms with Gasteiger partial charge < -0.3 is 0 Å². The number of nitrogens with zero attached hydrogens (tertiary/aromatic N) is 1. The van der Waals surface area contributed by atoms with E-state index in [1.807, 2.05) is 6.08 Å². The van der Waals surface area contributed by atoms with Gasteiger partial charge in [-0.1, -0.05) is 18.9 Å². The van der Waals surface area contributed by atoms with Crippen LogP contribution in [0.2, 0.25) is 0 Å². The van der Waals surface area contributed by atoms with Crippen LogP contribution in [0.5, 0.6) is 0 Å². The van der Waals surface area contributed by atoms with E-state index >= 15 is 0 Å². The van der Waals surface area contributed by atoms with Crippen LogP contribution in [-0.2, 0) is 0 Å². The van der Waals surface area contributed by atoms with Crippen molar-refractivity contribution in [2.75, 3.05) is 6.54 Å². The Morgan fingerprint density at radius 2 is 2.56 bits per heavy atom. The van der Waals surface area contributed by atoms with Gasteiger partial charge in [0.1, 0.15) is 0 Å². The molecule has 1 fully saturated rings. The van der Waals surface area contributed by atoms with Gasteiger partial charge in [0.05, 0.1) is 0 Å². The van der Waals surface area contributed by atoms with Gasteiger partial charge in [-0.3, -0.25) is 0 Å². The van der Waals surface area contributed by atoms with Crippen molar-refractivity contribution in [1.82, 2.24) is 4.31 Å². The monoisotopic (exact) mass is 143 g/mol. The highest BCUT2D eigenvalue weighted by molar-refractivity contribution is 7.77. The molecule has 1 nitrogen and oxygen atoms in total. The zero-order valence-electron chi connectivity index (χ0n) is 5.58. The minimum atomic E-state index is 0.658. The molecular weight excluding hydrogens is 130 g/mol. The van der Waals surface area contributed by atoms with Gasteiger partial charge >= 0.3 is 0 Å². The third kappa shape index (κ3) is 1.73. The minimum absolute atomic E-state index is 0.658. The number of thiol groups is 1. The van der Waals surface area contributed by atoms with Crippen LogP contribution >= 0.6 is 12.8 Å². The van der Waals surface area contributed by atoms with Crippen LogP contribution in [-0.4, -0.2) is 16.9 Å². The second-order valence-electron chi connectivity index (χ2n) is 2.48. The summed E-state index contributed by atoms with van der Waals surface area (Å²) in [6.45, 7) is 4.84. The molecule has 1 unspecified atom stereocenters. The Bertz CT molecular complexity index is 103. The molecule has 1 aliphatic heterocycles. The van der Waals surface area contributed by atoms with E-state index in [0.29, 0.717) is 6.04 Å². The molecule has 0 aromatic carbocycles. The van der Waals surface area contributed by atoms with Crippen LogP contribution in [0.3, 0.4) is 0 Å². The van der Waals surface area contributed by atoms with E-state index in [1.165, 1.54) is 12.8 Å². The lowest BCUT2D eigenvalue weighted by atomic mass is 10.2. The predicted molar refractivity (Wildman–Crippen MR) is 43.5 cm³/mol. The molecule has 9 heavy (non-hydrogen) atoms. The summed E-state index contributed by atoms with van der Waals surface area (Å²) in [5, 5.41) is 0. The SMILES string of the molecule is C=CCC1CCCN1S. The Morgan fingerprint density at radius 1 is 1.78 bits per heavy atom. The summed E-state index contributed by atoms with van der Waals surface area (Å²) in [4.78, 5) is 0. The maximum atomic E-state index is 4.31. The molecule has 0 saturated carbocycles. The van der Waals surface area contributed by atoms with E-state index in [1.54, 1.807) is 0 Å². The molecule has 0 radical (unpaired) electrons. The van der Waals surface area contributed by atoms with Crippen molar-refractivity contribution in [3.63, 3.8) is 0 Å². The van der Waals surface area contributed by atoms with Crippen molar-refractivity contribution in [1.29, 1.82) is 0 Å². The number of hydrogen-bond acceptors (Lipinski definition) is 2. The fourth-order valence-corrected chi connectivity index (χ4v) is 1.60. The van der Waals surface area contributed by atoms with Crippen LogP contribution < -0.4 is 0 Å². The van der Waals surface area contributed by atoms with Gasteiger partial charge in [0.15, 0.2) is 0 Å². The second kappa shape index (κ2) is 3.28. The third-order valence-electron chi connectivity index (χ3n) is 1.78. The van der Waals surface area contributed by atoms with Crippen molar-refractivity contribution in [3.05, 3.63) is 12.7 Å². The molecule has 0 bridgehead atoms. The normalized spacial score (nSPS) is 28.8. The van der Waals surface area contributed by atoms with E-state index in [0.717, 1.165) is 13.0 Å². The van der Waals surface area contributed by atoms with Gasteiger partial charge in [0, 0.05) is 12.6 Å². The summed E-state index contributed by atoms with van der Waals surface area (Å²) in [6, 6.07) is 0.658. The van der Waals surface area contributed by atoms with E-state index in [2.05, 4.69) is 23.7 Å². The highest BCUT2D eigenvalue weighted by Gasteiger charge is 2.19. The standard InChI is InChI=1S/C7H13NS/c1-2-4-7-5-3-6-8(7)9/h2,7,9H,1,3-6H2. The quantitative estimate of drug-likeness (QED) is 0.456. The summed E-state index contributed by atoms with van der Waals surface area (Å²) < 4.78 is 2.11. The first-order valence-corrected chi connectivity index (χ1v) is 3.81. The first-order chi connectivity index (χ1) is 4.34. The molecule has 0 aliphatic carbocycles. The van der Waals surface area contributed by atoms with Gasteiger partial charge in [-0.25, -0.2) is 4.31 Å². The summed E-state index contributed by atoms with van der Waals surface area (Å²) >= 11 is 4.31. The fraction of sp³-hybridized carbons (Fsp3) is 0.714. The van der Waals surface area contributed by atoms with Crippen LogP contribution in [0.4, 0.5) is 0 Å². The average molecular weight is 143 g/mol. The summed E-state index contributed by atoms with van der Waals surface area (Å²) in [5.74, 6) is 0. The highest BCUT2D eigenvalue weighted by Crippen LogP contribution is 2.21. The van der Waals surface area contributed by atoms with Crippen LogP contribution in [0.25, 0.3) is 0 Å². The molecule has 0 N–H and O–H groups in total. The van der Waals surface area contributed by atoms with Crippen molar-refractivity contribution >= 4 is 12.8 Å². The Balaban J connectivity index is 2.30. The number of rotatable bonds is 2. The van der Waals surface area contributed by atoms with E-state index in [-0.39, 0.29) is 0 Å². The molecule has 52 valence electrons. The molecule has 1 aliphatic rings. The third-order valence-corrected chi connectivity index (χ3v) is 2.31. The van der Waals surface area contributed by atoms with Gasteiger partial charge in [-0.05, 0) is 19.3 Å². The molecule has 0 spiro atoms. The maximum absolute atomic E-state index is 4.31. The van der Waals surface area contributed by atoms with E-state index in [4.69, 9.17) is 0 Å². The van der Waals surface area contributed by atoms with Crippen LogP contribution in [0.15, 0.2) is 12.7 Å². The topological polar surface area (TPSA) is 3.24 Å². The van der Waals surface area contributed by atoms with E-state index < -0.39 is 0 Å². The van der Waals surface area contributed by atoms with Crippen molar-refractivity contribution in [3.8, 4) is 0 Å². The Hall–Kier alpha value is 0.0500. The smallest absolute Gasteiger partial charge is 0.0235 e. The van der Waals surface area contributed by atoms with Gasteiger partial charge in [-0.15, -0.1) is 6.58 Å². The predicted octanol–water partition coefficient (Wildman–Crippen LogP) is 1.87. The molecule has 0 amide bonds. The Labute approximate surface area is 62.3 Å². The van der Waals surface area contributed by atoms with Crippen molar-refractivity contribution in [2.45, 2.75) is 25.3 Å². The lowest BCUT2D eigenvalue weighted by molar-refractivity contribution is 0.445. The second-order valence-corrected chi connectivity index (χ2v) is 3.00. The van der Waals surface area contributed by atoms with Crippen molar-refractivity contribution < 1.29 is 0 Å². The maximum Gasteiger partial charge on any atom is 0.0235 e. The van der Waals surface area contributed by atoms with Crippen molar-refractivity contribution in [2.24, 2.45) is 0 Å². The minimum Gasteiger partial charge on any atom is -0.250 e. The summed E-state index contributed by atoms with van der Waals surface area (Å²) in [7, 11) is 0. The van der Waals surface area contributed by atoms with Crippen LogP contribution in [0, 0.1) is 0 Å². The molecule has 1 atom stereocenters. The first kappa shape index (κ1) is 7.16. The Kier molecular flexibility index (Phi) is 2.61. The molecule has 1 heterocycles. The van der Waals surface area contributed by atoms with Gasteiger partial charge in [-0.2, -0.15) is 0 Å². The molecule has 1 saturated heterocycles. The van der Waals surface area contributed by atoms with Gasteiger partial charge in [0.2, 0.25) is 0 Å². The fourth-order valence-electron chi connectivity index (χ4n) is 1.25. The van der Waals surface area contributed by atoms with Crippen LogP contribution in [0.1, 0.15) is 19.3 Å². The lowest BCUT2D eigenvalue weighted by Gasteiger charge is -2.14. The molecule has 0 aromatic heterocycles. The zero-order valence-corrected chi connectivity index (χ0v) is 6.48. The lowest BCUT2D eigenvalue weighted by Crippen LogP contribution is -2.18. The zero-order chi connectivity index (χ0) is 6.69. The first-order valence-electron chi connectivity index (χ1n) is 3.41. The van der Waals surface area contributed by atoms with Gasteiger partial charge in [0.25, 0.3) is 0 Å². The Morgan fingerprint density at radius 3 is 3.00 bits per heavy atom. The molecule has 0 aromatic rings. The number of hydrogen-bond donors (Lipinski definition) is 1. The van der Waals surface area contributed by atoms with E-state index in [9.17, 15) is 0 Å². The summed E-state index contributed by atoms with van der Waals surface area (Å²) in [5.41, 5.74) is 0. The average Bonchev–Trinajstić information content (AvgIpc) is 2.18. The molecule has 2 heteroatoms. The molecular formula is C7H13NS. The highest BCUT2D eigenvalue weighted by atomic mass is 32.1. The largest absolute Gasteiger partial charge is 0.250 e. The molecule has 1 rings (SSSR count). The summed E-state index contributed by atoms with van der Waals surface area (Å²) in [6.07, 6.45) is 5.64.